The summed E-state index contributed by atoms with van der Waals surface area (Å²) in [6.45, 7) is 3.37. The summed E-state index contributed by atoms with van der Waals surface area (Å²) in [5.74, 6) is 0.319. The molecule has 4 rings (SSSR count). The Balaban J connectivity index is 0.000000286. The van der Waals surface area contributed by atoms with Gasteiger partial charge in [0.1, 0.15) is 5.82 Å². The van der Waals surface area contributed by atoms with Gasteiger partial charge < -0.3 is 20.1 Å². The number of hydrogen-bond donors (Lipinski definition) is 2. The second-order valence-electron chi connectivity index (χ2n) is 6.36. The van der Waals surface area contributed by atoms with Gasteiger partial charge in [-0.2, -0.15) is 0 Å². The predicted molar refractivity (Wildman–Crippen MR) is 121 cm³/mol. The highest BCUT2D eigenvalue weighted by Gasteiger charge is 2.36. The summed E-state index contributed by atoms with van der Waals surface area (Å²) >= 11 is 6.97. The van der Waals surface area contributed by atoms with Crippen LogP contribution in [0.2, 0.25) is 5.02 Å². The molecule has 0 bridgehead atoms. The number of halogens is 2. The van der Waals surface area contributed by atoms with E-state index in [1.165, 1.54) is 12.1 Å². The number of amidine groups is 1. The molecule has 1 aromatic carbocycles. The van der Waals surface area contributed by atoms with Crippen LogP contribution in [0.15, 0.2) is 52.1 Å². The molecule has 168 valence electrons. The molecule has 2 N–H and O–H groups in total. The van der Waals surface area contributed by atoms with E-state index in [9.17, 15) is 9.18 Å². The lowest BCUT2D eigenvalue weighted by molar-refractivity contribution is -0.138. The predicted octanol–water partition coefficient (Wildman–Crippen LogP) is 3.10. The fourth-order valence-electron chi connectivity index (χ4n) is 3.14. The fourth-order valence-corrected chi connectivity index (χ4v) is 3.97. The van der Waals surface area contributed by atoms with Crippen molar-refractivity contribution >= 4 is 34.7 Å². The number of ether oxygens (including phenoxy) is 1. The molecule has 7 nitrogen and oxygen atoms in total. The highest BCUT2D eigenvalue weighted by atomic mass is 35.5. The van der Waals surface area contributed by atoms with E-state index < -0.39 is 0 Å². The number of carbonyl (C=O) groups excluding carboxylic acids is 1. The molecule has 0 spiro atoms. The first-order valence-electron chi connectivity index (χ1n) is 9.67. The van der Waals surface area contributed by atoms with Crippen LogP contribution in [0.25, 0.3) is 0 Å². The average Bonchev–Trinajstić information content (AvgIpc) is 3.45. The van der Waals surface area contributed by atoms with Crippen molar-refractivity contribution in [2.24, 2.45) is 4.99 Å². The van der Waals surface area contributed by atoms with Gasteiger partial charge in [0, 0.05) is 48.4 Å². The number of aliphatic hydroxyl groups is 1. The van der Waals surface area contributed by atoms with Crippen molar-refractivity contribution in [3.05, 3.63) is 63.0 Å². The van der Waals surface area contributed by atoms with Crippen LogP contribution in [0.5, 0.6) is 0 Å². The minimum Gasteiger partial charge on any atom is -0.463 e. The van der Waals surface area contributed by atoms with Crippen LogP contribution in [0, 0.1) is 5.82 Å². The molecule has 1 unspecified atom stereocenters. The Hall–Kier alpha value is -2.33. The summed E-state index contributed by atoms with van der Waals surface area (Å²) in [6, 6.07) is 6.13. The van der Waals surface area contributed by atoms with Gasteiger partial charge in [0.05, 0.1) is 18.7 Å². The minimum absolute atomic E-state index is 0.254. The maximum Gasteiger partial charge on any atom is 0.337 e. The third kappa shape index (κ3) is 6.57. The summed E-state index contributed by atoms with van der Waals surface area (Å²) in [4.78, 5) is 23.1. The number of fused-ring (bicyclic) bond motifs is 1. The number of aliphatic imine (C=N–C) groups is 1. The number of nitrogens with zero attached hydrogens (tertiary/aromatic N) is 3. The van der Waals surface area contributed by atoms with E-state index in [1.54, 1.807) is 29.7 Å². The molecule has 10 heteroatoms. The van der Waals surface area contributed by atoms with Crippen LogP contribution in [-0.2, 0) is 9.53 Å². The number of carbonyl (C=O) groups is 1. The lowest BCUT2D eigenvalue weighted by Crippen LogP contribution is -2.36. The third-order valence-electron chi connectivity index (χ3n) is 4.50. The van der Waals surface area contributed by atoms with Crippen LogP contribution in [0.1, 0.15) is 18.4 Å². The van der Waals surface area contributed by atoms with Gasteiger partial charge >= 0.3 is 5.97 Å². The first-order valence-corrected chi connectivity index (χ1v) is 10.9. The van der Waals surface area contributed by atoms with E-state index in [0.29, 0.717) is 29.8 Å². The number of nitrogens with one attached hydrogen (secondary N) is 1. The van der Waals surface area contributed by atoms with Gasteiger partial charge in [-0.1, -0.05) is 17.7 Å². The van der Waals surface area contributed by atoms with Crippen LogP contribution in [-0.4, -0.2) is 66.7 Å². The molecule has 0 saturated carbocycles. The second kappa shape index (κ2) is 12.5. The molecule has 3 heterocycles. The summed E-state index contributed by atoms with van der Waals surface area (Å²) in [7, 11) is 2.94. The number of benzene rings is 1. The first-order chi connectivity index (χ1) is 15.0. The van der Waals surface area contributed by atoms with Crippen molar-refractivity contribution in [2.75, 3.05) is 33.9 Å². The molecule has 0 amide bonds. The number of likely N-dealkylation sites (N-methyl/N-ethyl adjacent to an activating group) is 1. The van der Waals surface area contributed by atoms with E-state index >= 15 is 0 Å². The zero-order valence-corrected chi connectivity index (χ0v) is 19.2. The van der Waals surface area contributed by atoms with Gasteiger partial charge in [0.15, 0.2) is 10.8 Å². The molecular formula is C21H26ClFN4O3S. The maximum atomic E-state index is 12.1. The number of esters is 1. The Morgan fingerprint density at radius 2 is 2.23 bits per heavy atom. The maximum absolute atomic E-state index is 12.1. The number of aromatic nitrogens is 1. The molecule has 1 fully saturated rings. The Labute approximate surface area is 190 Å². The van der Waals surface area contributed by atoms with Gasteiger partial charge in [0.2, 0.25) is 0 Å². The second-order valence-corrected chi connectivity index (χ2v) is 7.69. The topological polar surface area (TPSA) is 87.0 Å². The van der Waals surface area contributed by atoms with E-state index in [2.05, 4.69) is 20.2 Å². The molecule has 0 radical (unpaired) electrons. The van der Waals surface area contributed by atoms with Gasteiger partial charge in [-0.15, -0.1) is 11.3 Å². The Morgan fingerprint density at radius 3 is 2.77 bits per heavy atom. The standard InChI is InChI=1S/C14H18N4O2S.C6H4ClF.CH4O/c1-3-20-14(19)10-7-17-12(13-16-4-5-21-13)18-8-9(15-2)6-11(10)18;7-5-2-1-3-6(8)4-5;1-2/h4-5,9,15H,3,6-8H2,1-2H3;1-4H;2H,1H3. The van der Waals surface area contributed by atoms with Gasteiger partial charge in [-0.3, -0.25) is 4.99 Å². The van der Waals surface area contributed by atoms with Gasteiger partial charge in [0.25, 0.3) is 0 Å². The highest BCUT2D eigenvalue weighted by molar-refractivity contribution is 7.11. The molecule has 0 aliphatic carbocycles. The van der Waals surface area contributed by atoms with E-state index in [0.717, 1.165) is 36.6 Å². The largest absolute Gasteiger partial charge is 0.463 e. The minimum atomic E-state index is -0.294. The summed E-state index contributed by atoms with van der Waals surface area (Å²) in [5.41, 5.74) is 1.70. The third-order valence-corrected chi connectivity index (χ3v) is 5.50. The summed E-state index contributed by atoms with van der Waals surface area (Å²) < 4.78 is 17.2. The van der Waals surface area contributed by atoms with Crippen molar-refractivity contribution in [2.45, 2.75) is 19.4 Å². The molecule has 2 aromatic rings. The number of hydrogen-bond acceptors (Lipinski definition) is 8. The van der Waals surface area contributed by atoms with E-state index in [-0.39, 0.29) is 11.8 Å². The van der Waals surface area contributed by atoms with Crippen molar-refractivity contribution in [1.29, 1.82) is 0 Å². The first kappa shape index (κ1) is 24.9. The van der Waals surface area contributed by atoms with Crippen LogP contribution >= 0.6 is 22.9 Å². The monoisotopic (exact) mass is 468 g/mol. The Bertz CT molecular complexity index is 904. The Morgan fingerprint density at radius 1 is 1.45 bits per heavy atom. The number of thiazole rings is 1. The molecule has 1 aromatic heterocycles. The lowest BCUT2D eigenvalue weighted by Gasteiger charge is -2.26. The quantitative estimate of drug-likeness (QED) is 0.670. The lowest BCUT2D eigenvalue weighted by atomic mass is 10.1. The number of rotatable bonds is 4. The molecule has 2 aliphatic rings. The zero-order valence-electron chi connectivity index (χ0n) is 17.6. The molecule has 2 aliphatic heterocycles. The van der Waals surface area contributed by atoms with Crippen LogP contribution in [0.4, 0.5) is 4.39 Å². The van der Waals surface area contributed by atoms with Crippen molar-refractivity contribution in [3.63, 3.8) is 0 Å². The highest BCUT2D eigenvalue weighted by Crippen LogP contribution is 2.31. The summed E-state index contributed by atoms with van der Waals surface area (Å²) in [6.07, 6.45) is 2.59. The van der Waals surface area contributed by atoms with E-state index in [4.69, 9.17) is 21.4 Å². The van der Waals surface area contributed by atoms with Gasteiger partial charge in [-0.05, 0) is 32.2 Å². The summed E-state index contributed by atoms with van der Waals surface area (Å²) in [5, 5.41) is 13.5. The molecular weight excluding hydrogens is 443 g/mol. The Kier molecular flexibility index (Phi) is 10.1. The van der Waals surface area contributed by atoms with Crippen molar-refractivity contribution in [1.82, 2.24) is 15.2 Å². The van der Waals surface area contributed by atoms with E-state index in [1.807, 2.05) is 19.4 Å². The van der Waals surface area contributed by atoms with Crippen LogP contribution in [0.3, 0.4) is 0 Å². The fraction of sp³-hybridized carbons (Fsp3) is 0.381. The molecule has 1 saturated heterocycles. The SMILES string of the molecule is CCOC(=O)C1=C2CC(NC)CN2C(c2nccs2)=NC1.CO.Fc1cccc(Cl)c1. The number of aliphatic hydroxyl groups excluding tert-OH is 1. The van der Waals surface area contributed by atoms with Crippen LogP contribution < -0.4 is 5.32 Å². The van der Waals surface area contributed by atoms with Crippen molar-refractivity contribution in [3.8, 4) is 0 Å². The molecule has 1 atom stereocenters. The average molecular weight is 469 g/mol. The zero-order chi connectivity index (χ0) is 22.8. The molecule has 31 heavy (non-hydrogen) atoms. The van der Waals surface area contributed by atoms with Crippen molar-refractivity contribution < 1.29 is 19.0 Å². The normalized spacial score (nSPS) is 17.0. The van der Waals surface area contributed by atoms with Gasteiger partial charge in [-0.25, -0.2) is 14.2 Å². The smallest absolute Gasteiger partial charge is 0.337 e.